The van der Waals surface area contributed by atoms with Crippen LogP contribution in [0.5, 0.6) is 0 Å². The van der Waals surface area contributed by atoms with Crippen LogP contribution in [0.3, 0.4) is 0 Å². The zero-order chi connectivity index (χ0) is 17.3. The highest BCUT2D eigenvalue weighted by Crippen LogP contribution is 2.28. The van der Waals surface area contributed by atoms with Crippen LogP contribution in [0.2, 0.25) is 19.6 Å². The van der Waals surface area contributed by atoms with E-state index in [-0.39, 0.29) is 5.97 Å². The van der Waals surface area contributed by atoms with Gasteiger partial charge in [-0.05, 0) is 26.7 Å². The van der Waals surface area contributed by atoms with Gasteiger partial charge >= 0.3 is 11.8 Å². The molecule has 124 valence electrons. The van der Waals surface area contributed by atoms with Crippen molar-refractivity contribution in [2.75, 3.05) is 6.61 Å². The predicted octanol–water partition coefficient (Wildman–Crippen LogP) is 5.13. The van der Waals surface area contributed by atoms with E-state index in [4.69, 9.17) is 4.74 Å². The molecular formula is C15H27F3O2Si. The third-order valence-electron chi connectivity index (χ3n) is 2.81. The Balaban J connectivity index is 0. The van der Waals surface area contributed by atoms with Crippen molar-refractivity contribution < 1.29 is 22.7 Å². The molecule has 0 aliphatic carbocycles. The molecule has 0 aliphatic rings. The fourth-order valence-electron chi connectivity index (χ4n) is 1.19. The first-order valence-electron chi connectivity index (χ1n) is 6.81. The zero-order valence-corrected chi connectivity index (χ0v) is 14.6. The Hall–Kier alpha value is -1.04. The van der Waals surface area contributed by atoms with Crippen molar-refractivity contribution in [3.05, 3.63) is 25.3 Å². The summed E-state index contributed by atoms with van der Waals surface area (Å²) in [5.41, 5.74) is -0.487. The maximum Gasteiger partial charge on any atom is 0.360 e. The van der Waals surface area contributed by atoms with Crippen molar-refractivity contribution in [3.63, 3.8) is 0 Å². The number of esters is 1. The second kappa shape index (κ2) is 9.07. The van der Waals surface area contributed by atoms with Crippen LogP contribution in [0.4, 0.5) is 13.2 Å². The van der Waals surface area contributed by atoms with E-state index in [1.165, 1.54) is 19.6 Å². The number of carbonyl (C=O) groups excluding carboxylic acids is 1. The van der Waals surface area contributed by atoms with Crippen LogP contribution in [-0.2, 0) is 9.53 Å². The minimum atomic E-state index is -3.92. The highest BCUT2D eigenvalue weighted by atomic mass is 28.3. The van der Waals surface area contributed by atoms with E-state index < -0.39 is 19.3 Å². The number of allylic oxidation sites excluding steroid dienone is 2. The van der Waals surface area contributed by atoms with Gasteiger partial charge in [0.25, 0.3) is 0 Å². The van der Waals surface area contributed by atoms with Crippen LogP contribution in [0, 0.1) is 5.41 Å². The van der Waals surface area contributed by atoms with E-state index in [0.29, 0.717) is 19.4 Å². The quantitative estimate of drug-likeness (QED) is 0.384. The second-order valence-electron chi connectivity index (χ2n) is 6.01. The normalized spacial score (nSPS) is 12.0. The third-order valence-corrected chi connectivity index (χ3v) is 4.51. The van der Waals surface area contributed by atoms with Crippen molar-refractivity contribution in [3.8, 4) is 0 Å². The number of alkyl halides is 3. The second-order valence-corrected chi connectivity index (χ2v) is 11.1. The Bertz CT molecular complexity index is 322. The summed E-state index contributed by atoms with van der Waals surface area (Å²) in [6, 6.07) is 0. The van der Waals surface area contributed by atoms with Crippen molar-refractivity contribution >= 4 is 14.0 Å². The minimum Gasteiger partial charge on any atom is -0.466 e. The average molecular weight is 324 g/mol. The topological polar surface area (TPSA) is 26.3 Å². The van der Waals surface area contributed by atoms with Crippen LogP contribution in [0.25, 0.3) is 0 Å². The van der Waals surface area contributed by atoms with E-state index in [9.17, 15) is 18.0 Å². The van der Waals surface area contributed by atoms with Crippen LogP contribution in [-0.4, -0.2) is 26.4 Å². The monoisotopic (exact) mass is 324 g/mol. The lowest BCUT2D eigenvalue weighted by atomic mass is 9.83. The van der Waals surface area contributed by atoms with E-state index >= 15 is 0 Å². The Kier molecular flexibility index (Phi) is 9.61. The summed E-state index contributed by atoms with van der Waals surface area (Å²) >= 11 is 0. The molecule has 0 rings (SSSR count). The summed E-state index contributed by atoms with van der Waals surface area (Å²) in [5.74, 6) is -4.10. The summed E-state index contributed by atoms with van der Waals surface area (Å²) in [5, 5.41) is 0. The molecule has 0 spiro atoms. The number of carbonyl (C=O) groups is 1. The molecule has 0 radical (unpaired) electrons. The van der Waals surface area contributed by atoms with Gasteiger partial charge < -0.3 is 4.74 Å². The van der Waals surface area contributed by atoms with Gasteiger partial charge in [-0.2, -0.15) is 13.2 Å². The van der Waals surface area contributed by atoms with Gasteiger partial charge in [0.2, 0.25) is 0 Å². The largest absolute Gasteiger partial charge is 0.466 e. The first-order valence-corrected chi connectivity index (χ1v) is 10.3. The highest BCUT2D eigenvalue weighted by molar-refractivity contribution is 6.77. The number of hydrogen-bond acceptors (Lipinski definition) is 2. The first-order chi connectivity index (χ1) is 9.35. The van der Waals surface area contributed by atoms with Crippen LogP contribution < -0.4 is 0 Å². The molecule has 6 heteroatoms. The number of rotatable bonds is 6. The molecular weight excluding hydrogens is 297 g/mol. The van der Waals surface area contributed by atoms with Crippen molar-refractivity contribution in [2.24, 2.45) is 5.41 Å². The van der Waals surface area contributed by atoms with Crippen LogP contribution in [0.15, 0.2) is 25.3 Å². The van der Waals surface area contributed by atoms with Gasteiger partial charge in [-0.1, -0.05) is 31.8 Å². The van der Waals surface area contributed by atoms with Gasteiger partial charge in [0.15, 0.2) is 8.07 Å². The van der Waals surface area contributed by atoms with Crippen molar-refractivity contribution in [1.29, 1.82) is 0 Å². The lowest BCUT2D eigenvalue weighted by Gasteiger charge is -2.24. The molecule has 0 heterocycles. The fraction of sp³-hybridized carbons (Fsp3) is 0.667. The molecule has 0 saturated heterocycles. The highest BCUT2D eigenvalue weighted by Gasteiger charge is 2.44. The molecule has 0 atom stereocenters. The maximum absolute atomic E-state index is 11.6. The molecule has 0 saturated carbocycles. The van der Waals surface area contributed by atoms with Gasteiger partial charge in [0.05, 0.1) is 12.0 Å². The molecule has 0 fully saturated rings. The molecule has 0 aliphatic heterocycles. The summed E-state index contributed by atoms with van der Waals surface area (Å²) in [4.78, 5) is 11.5. The molecule has 0 unspecified atom stereocenters. The standard InChI is InChI=1S/C11H18O2.C4H9F3Si/c1-5-8-11(4,9-6-2)10(12)13-7-3;1-8(2,3)4(5,6)7/h5-6H,1-2,7-9H2,3-4H3;1-3H3. The maximum atomic E-state index is 11.6. The van der Waals surface area contributed by atoms with Crippen LogP contribution >= 0.6 is 0 Å². The summed E-state index contributed by atoms with van der Waals surface area (Å²) in [7, 11) is -2.86. The van der Waals surface area contributed by atoms with E-state index in [1.807, 2.05) is 6.92 Å². The van der Waals surface area contributed by atoms with Gasteiger partial charge in [-0.3, -0.25) is 4.79 Å². The number of hydrogen-bond donors (Lipinski definition) is 0. The summed E-state index contributed by atoms with van der Waals surface area (Å²) in [6.07, 6.45) is 4.72. The molecule has 0 aromatic heterocycles. The summed E-state index contributed by atoms with van der Waals surface area (Å²) < 4.78 is 39.9. The predicted molar refractivity (Wildman–Crippen MR) is 83.8 cm³/mol. The molecule has 0 amide bonds. The van der Waals surface area contributed by atoms with Crippen LogP contribution in [0.1, 0.15) is 26.7 Å². The van der Waals surface area contributed by atoms with Crippen molar-refractivity contribution in [2.45, 2.75) is 52.1 Å². The first kappa shape index (κ1) is 22.2. The molecule has 0 bridgehead atoms. The third kappa shape index (κ3) is 8.75. The Labute approximate surface area is 127 Å². The van der Waals surface area contributed by atoms with Gasteiger partial charge in [0, 0.05) is 0 Å². The fourth-order valence-corrected chi connectivity index (χ4v) is 1.19. The van der Waals surface area contributed by atoms with E-state index in [0.717, 1.165) is 0 Å². The van der Waals surface area contributed by atoms with Gasteiger partial charge in [0.1, 0.15) is 0 Å². The lowest BCUT2D eigenvalue weighted by Crippen LogP contribution is -2.40. The Morgan fingerprint density at radius 1 is 1.14 bits per heavy atom. The zero-order valence-electron chi connectivity index (χ0n) is 13.6. The van der Waals surface area contributed by atoms with E-state index in [2.05, 4.69) is 13.2 Å². The molecule has 0 aromatic rings. The molecule has 0 aromatic carbocycles. The van der Waals surface area contributed by atoms with Gasteiger partial charge in [-0.25, -0.2) is 0 Å². The summed E-state index contributed by atoms with van der Waals surface area (Å²) in [6.45, 7) is 15.2. The lowest BCUT2D eigenvalue weighted by molar-refractivity contribution is -0.154. The Morgan fingerprint density at radius 2 is 1.48 bits per heavy atom. The molecule has 0 N–H and O–H groups in total. The SMILES string of the molecule is C=CCC(C)(CC=C)C(=O)OCC.C[Si](C)(C)C(F)(F)F. The average Bonchev–Trinajstić information content (AvgIpc) is 2.28. The molecule has 21 heavy (non-hydrogen) atoms. The van der Waals surface area contributed by atoms with Crippen molar-refractivity contribution in [1.82, 2.24) is 0 Å². The van der Waals surface area contributed by atoms with Gasteiger partial charge in [-0.15, -0.1) is 13.2 Å². The van der Waals surface area contributed by atoms with E-state index in [1.54, 1.807) is 19.1 Å². The number of ether oxygens (including phenoxy) is 1. The Morgan fingerprint density at radius 3 is 1.67 bits per heavy atom. The number of halogens is 3. The molecule has 2 nitrogen and oxygen atoms in total. The minimum absolute atomic E-state index is 0.171. The smallest absolute Gasteiger partial charge is 0.360 e.